The number of halogens is 1. The van der Waals surface area contributed by atoms with E-state index >= 15 is 0 Å². The van der Waals surface area contributed by atoms with Crippen molar-refractivity contribution in [2.45, 2.75) is 18.8 Å². The van der Waals surface area contributed by atoms with Gasteiger partial charge in [-0.1, -0.05) is 0 Å². The van der Waals surface area contributed by atoms with E-state index in [1.807, 2.05) is 0 Å². The Kier molecular flexibility index (Phi) is 2.40. The Balaban J connectivity index is 2.31. The average molecular weight is 242 g/mol. The van der Waals surface area contributed by atoms with Gasteiger partial charge in [0.1, 0.15) is 0 Å². The molecule has 0 aromatic carbocycles. The van der Waals surface area contributed by atoms with Crippen LogP contribution in [0.15, 0.2) is 16.7 Å². The number of rotatable bonds is 2. The molecule has 0 unspecified atom stereocenters. The Morgan fingerprint density at radius 2 is 2.15 bits per heavy atom. The van der Waals surface area contributed by atoms with E-state index in [9.17, 15) is 0 Å². The highest BCUT2D eigenvalue weighted by molar-refractivity contribution is 9.10. The minimum Gasteiger partial charge on any atom is -0.423 e. The molecule has 5 heteroatoms. The van der Waals surface area contributed by atoms with Crippen LogP contribution in [-0.2, 0) is 0 Å². The van der Waals surface area contributed by atoms with E-state index in [0.717, 1.165) is 10.2 Å². The molecule has 0 aliphatic heterocycles. The van der Waals surface area contributed by atoms with Gasteiger partial charge < -0.3 is 10.0 Å². The second kappa shape index (κ2) is 3.40. The summed E-state index contributed by atoms with van der Waals surface area (Å²) >= 11 is 3.37. The van der Waals surface area contributed by atoms with Crippen LogP contribution < -0.4 is 5.46 Å². The molecule has 13 heavy (non-hydrogen) atoms. The van der Waals surface area contributed by atoms with Gasteiger partial charge in [-0.3, -0.25) is 4.98 Å². The molecule has 1 aromatic rings. The van der Waals surface area contributed by atoms with E-state index in [4.69, 9.17) is 10.0 Å². The zero-order valence-corrected chi connectivity index (χ0v) is 8.53. The second-order valence-corrected chi connectivity index (χ2v) is 4.14. The summed E-state index contributed by atoms with van der Waals surface area (Å²) in [6.07, 6.45) is 3.89. The molecule has 0 spiro atoms. The largest absolute Gasteiger partial charge is 0.490 e. The second-order valence-electron chi connectivity index (χ2n) is 3.28. The third-order valence-corrected chi connectivity index (χ3v) is 2.79. The summed E-state index contributed by atoms with van der Waals surface area (Å²) in [4.78, 5) is 4.19. The van der Waals surface area contributed by atoms with Crippen molar-refractivity contribution in [3.05, 3.63) is 22.4 Å². The van der Waals surface area contributed by atoms with E-state index in [2.05, 4.69) is 20.9 Å². The lowest BCUT2D eigenvalue weighted by Crippen LogP contribution is -2.30. The molecule has 0 radical (unpaired) electrons. The average Bonchev–Trinajstić information content (AvgIpc) is 2.87. The van der Waals surface area contributed by atoms with Gasteiger partial charge in [-0.05, 0) is 34.8 Å². The van der Waals surface area contributed by atoms with Crippen LogP contribution in [0.25, 0.3) is 0 Å². The number of pyridine rings is 1. The van der Waals surface area contributed by atoms with Crippen LogP contribution in [0.2, 0.25) is 0 Å². The molecule has 1 heterocycles. The van der Waals surface area contributed by atoms with Gasteiger partial charge in [0.15, 0.2) is 0 Å². The Labute approximate surface area is 85.1 Å². The van der Waals surface area contributed by atoms with Crippen molar-refractivity contribution in [1.29, 1.82) is 0 Å². The fraction of sp³-hybridized carbons (Fsp3) is 0.375. The molecule has 1 aliphatic rings. The van der Waals surface area contributed by atoms with Gasteiger partial charge in [-0.15, -0.1) is 0 Å². The first-order chi connectivity index (χ1) is 6.18. The molecule has 0 amide bonds. The Morgan fingerprint density at radius 1 is 1.46 bits per heavy atom. The van der Waals surface area contributed by atoms with E-state index < -0.39 is 7.12 Å². The van der Waals surface area contributed by atoms with Gasteiger partial charge in [0, 0.05) is 22.1 Å². The van der Waals surface area contributed by atoms with E-state index in [-0.39, 0.29) is 0 Å². The lowest BCUT2D eigenvalue weighted by atomic mass is 9.81. The van der Waals surface area contributed by atoms with Crippen molar-refractivity contribution in [2.75, 3.05) is 0 Å². The molecule has 1 fully saturated rings. The van der Waals surface area contributed by atoms with Gasteiger partial charge >= 0.3 is 7.12 Å². The van der Waals surface area contributed by atoms with Crippen molar-refractivity contribution >= 4 is 28.5 Å². The molecule has 0 saturated heterocycles. The predicted octanol–water partition coefficient (Wildman–Crippen LogP) is 0.401. The van der Waals surface area contributed by atoms with Crippen LogP contribution in [0.5, 0.6) is 0 Å². The van der Waals surface area contributed by atoms with Crippen LogP contribution in [0.4, 0.5) is 0 Å². The molecule has 68 valence electrons. The minimum atomic E-state index is -1.43. The molecule has 1 saturated carbocycles. The van der Waals surface area contributed by atoms with Gasteiger partial charge in [0.2, 0.25) is 0 Å². The maximum absolute atomic E-state index is 8.89. The van der Waals surface area contributed by atoms with Gasteiger partial charge in [-0.25, -0.2) is 0 Å². The first-order valence-corrected chi connectivity index (χ1v) is 4.99. The lowest BCUT2D eigenvalue weighted by molar-refractivity contribution is 0.425. The highest BCUT2D eigenvalue weighted by Crippen LogP contribution is 2.41. The van der Waals surface area contributed by atoms with Crippen LogP contribution in [-0.4, -0.2) is 22.2 Å². The molecular weight excluding hydrogens is 233 g/mol. The molecule has 2 N–H and O–H groups in total. The van der Waals surface area contributed by atoms with Crippen molar-refractivity contribution in [1.82, 2.24) is 4.98 Å². The van der Waals surface area contributed by atoms with Crippen molar-refractivity contribution in [3.8, 4) is 0 Å². The third-order valence-electron chi connectivity index (χ3n) is 2.15. The third kappa shape index (κ3) is 1.93. The lowest BCUT2D eigenvalue weighted by Gasteiger charge is -2.04. The van der Waals surface area contributed by atoms with E-state index in [0.29, 0.717) is 11.4 Å². The van der Waals surface area contributed by atoms with E-state index in [1.54, 1.807) is 6.07 Å². The van der Waals surface area contributed by atoms with Crippen molar-refractivity contribution < 1.29 is 10.0 Å². The summed E-state index contributed by atoms with van der Waals surface area (Å²) in [6, 6.07) is 1.71. The van der Waals surface area contributed by atoms with E-state index in [1.165, 1.54) is 19.0 Å². The number of hydrogen-bond donors (Lipinski definition) is 2. The summed E-state index contributed by atoms with van der Waals surface area (Å²) in [6.45, 7) is 0. The highest BCUT2D eigenvalue weighted by atomic mass is 79.9. The van der Waals surface area contributed by atoms with Crippen LogP contribution >= 0.6 is 15.9 Å². The van der Waals surface area contributed by atoms with Crippen LogP contribution in [0.3, 0.4) is 0 Å². The van der Waals surface area contributed by atoms with Crippen molar-refractivity contribution in [2.24, 2.45) is 0 Å². The van der Waals surface area contributed by atoms with Crippen LogP contribution in [0.1, 0.15) is 24.5 Å². The van der Waals surface area contributed by atoms with Gasteiger partial charge in [0.05, 0.1) is 5.69 Å². The molecule has 3 nitrogen and oxygen atoms in total. The molecule has 0 bridgehead atoms. The molecular formula is C8H9BBrNO2. The summed E-state index contributed by atoms with van der Waals surface area (Å²) in [5, 5.41) is 17.8. The Bertz CT molecular complexity index is 328. The maximum atomic E-state index is 8.89. The predicted molar refractivity (Wildman–Crippen MR) is 53.7 cm³/mol. The minimum absolute atomic E-state index is 0.427. The smallest absolute Gasteiger partial charge is 0.423 e. The molecule has 0 atom stereocenters. The fourth-order valence-electron chi connectivity index (χ4n) is 1.26. The standard InChI is InChI=1S/C8H9BBrNO2/c10-7-3-6(9(12)13)4-11-8(7)5-1-2-5/h3-5,12-13H,1-2H2. The summed E-state index contributed by atoms with van der Waals surface area (Å²) in [5.41, 5.74) is 1.46. The van der Waals surface area contributed by atoms with Gasteiger partial charge in [-0.2, -0.15) is 0 Å². The monoisotopic (exact) mass is 241 g/mol. The topological polar surface area (TPSA) is 53.4 Å². The maximum Gasteiger partial charge on any atom is 0.490 e. The summed E-state index contributed by atoms with van der Waals surface area (Å²) in [5.74, 6) is 0.569. The van der Waals surface area contributed by atoms with Crippen LogP contribution in [0, 0.1) is 0 Å². The fourth-order valence-corrected chi connectivity index (χ4v) is 1.95. The molecule has 1 aromatic heterocycles. The Morgan fingerprint density at radius 3 is 2.62 bits per heavy atom. The number of nitrogens with zero attached hydrogens (tertiary/aromatic N) is 1. The molecule has 2 rings (SSSR count). The number of aromatic nitrogens is 1. The first-order valence-electron chi connectivity index (χ1n) is 4.20. The Hall–Kier alpha value is -0.385. The first kappa shape index (κ1) is 9.18. The molecule has 1 aliphatic carbocycles. The number of hydrogen-bond acceptors (Lipinski definition) is 3. The summed E-state index contributed by atoms with van der Waals surface area (Å²) < 4.78 is 0.876. The van der Waals surface area contributed by atoms with Crippen molar-refractivity contribution in [3.63, 3.8) is 0 Å². The highest BCUT2D eigenvalue weighted by Gasteiger charge is 2.27. The summed E-state index contributed by atoms with van der Waals surface area (Å²) in [7, 11) is -1.43. The quantitative estimate of drug-likeness (QED) is 0.738. The zero-order valence-electron chi connectivity index (χ0n) is 6.94. The normalized spacial score (nSPS) is 15.9. The zero-order chi connectivity index (χ0) is 9.42. The SMILES string of the molecule is OB(O)c1cnc(C2CC2)c(Br)c1. The van der Waals surface area contributed by atoms with Gasteiger partial charge in [0.25, 0.3) is 0 Å².